The quantitative estimate of drug-likeness (QED) is 0.448. The Bertz CT molecular complexity index is 112. The van der Waals surface area contributed by atoms with Gasteiger partial charge in [0.1, 0.15) is 0 Å². The van der Waals surface area contributed by atoms with Gasteiger partial charge in [-0.3, -0.25) is 0 Å². The molecule has 68 valence electrons. The van der Waals surface area contributed by atoms with E-state index >= 15 is 0 Å². The number of rotatable bonds is 1. The average Bonchev–Trinajstić information content (AvgIpc) is 1.59. The summed E-state index contributed by atoms with van der Waals surface area (Å²) in [6.07, 6.45) is -1.83. The van der Waals surface area contributed by atoms with Crippen molar-refractivity contribution in [2.75, 3.05) is 0 Å². The van der Waals surface area contributed by atoms with E-state index in [-0.39, 0.29) is 6.04 Å². The average molecular weight is 165 g/mol. The monoisotopic (exact) mass is 165 g/mol. The minimum absolute atomic E-state index is 0.146. The van der Waals surface area contributed by atoms with E-state index in [1.807, 2.05) is 0 Å². The van der Waals surface area contributed by atoms with Crippen LogP contribution < -0.4 is 5.73 Å². The standard InChI is InChI=1S/C5H13NO.CH2O3/c1-4(6)5(2,3)7;2-1(3)4/h4,7H,6H2,1-3H3;(H2,2,3,4). The van der Waals surface area contributed by atoms with Crippen LogP contribution in [0.25, 0.3) is 0 Å². The predicted molar refractivity (Wildman–Crippen MR) is 40.6 cm³/mol. The van der Waals surface area contributed by atoms with Crippen LogP contribution >= 0.6 is 0 Å². The maximum atomic E-state index is 8.97. The molecule has 0 aromatic heterocycles. The van der Waals surface area contributed by atoms with Crippen molar-refractivity contribution in [3.05, 3.63) is 0 Å². The van der Waals surface area contributed by atoms with E-state index in [0.29, 0.717) is 0 Å². The fraction of sp³-hybridized carbons (Fsp3) is 0.833. The predicted octanol–water partition coefficient (Wildman–Crippen LogP) is 0.327. The highest BCUT2D eigenvalue weighted by Gasteiger charge is 2.16. The number of nitrogens with two attached hydrogens (primary N) is 1. The van der Waals surface area contributed by atoms with Crippen LogP contribution in [0, 0.1) is 0 Å². The summed E-state index contributed by atoms with van der Waals surface area (Å²) in [7, 11) is 0. The van der Waals surface area contributed by atoms with Gasteiger partial charge in [-0.2, -0.15) is 0 Å². The lowest BCUT2D eigenvalue weighted by Gasteiger charge is -2.20. The van der Waals surface area contributed by atoms with Crippen molar-refractivity contribution in [3.63, 3.8) is 0 Å². The Morgan fingerprint density at radius 1 is 1.45 bits per heavy atom. The molecule has 0 aliphatic rings. The molecule has 0 saturated carbocycles. The van der Waals surface area contributed by atoms with Gasteiger partial charge in [0.2, 0.25) is 0 Å². The van der Waals surface area contributed by atoms with Gasteiger partial charge in [-0.25, -0.2) is 4.79 Å². The lowest BCUT2D eigenvalue weighted by molar-refractivity contribution is 0.0582. The molecule has 0 heterocycles. The van der Waals surface area contributed by atoms with Crippen LogP contribution in [0.1, 0.15) is 20.8 Å². The second-order valence-corrected chi connectivity index (χ2v) is 2.72. The first-order chi connectivity index (χ1) is 4.68. The van der Waals surface area contributed by atoms with E-state index in [1.165, 1.54) is 0 Å². The van der Waals surface area contributed by atoms with Crippen molar-refractivity contribution in [1.29, 1.82) is 0 Å². The van der Waals surface area contributed by atoms with Crippen LogP contribution in [-0.2, 0) is 0 Å². The molecule has 0 radical (unpaired) electrons. The molecule has 0 bridgehead atoms. The third-order valence-electron chi connectivity index (χ3n) is 1.11. The topological polar surface area (TPSA) is 104 Å². The third kappa shape index (κ3) is 17.6. The van der Waals surface area contributed by atoms with Crippen LogP contribution in [0.3, 0.4) is 0 Å². The van der Waals surface area contributed by atoms with Gasteiger partial charge < -0.3 is 21.1 Å². The summed E-state index contributed by atoms with van der Waals surface area (Å²) in [4.78, 5) is 8.56. The van der Waals surface area contributed by atoms with Gasteiger partial charge in [0.05, 0.1) is 5.60 Å². The molecule has 5 nitrogen and oxygen atoms in total. The van der Waals surface area contributed by atoms with Crippen LogP contribution in [-0.4, -0.2) is 33.1 Å². The summed E-state index contributed by atoms with van der Waals surface area (Å²) >= 11 is 0. The van der Waals surface area contributed by atoms with Crippen molar-refractivity contribution in [2.24, 2.45) is 5.73 Å². The van der Waals surface area contributed by atoms with E-state index in [4.69, 9.17) is 25.8 Å². The third-order valence-corrected chi connectivity index (χ3v) is 1.11. The summed E-state index contributed by atoms with van der Waals surface area (Å²) in [6.45, 7) is 5.16. The zero-order chi connectivity index (χ0) is 9.65. The Kier molecular flexibility index (Phi) is 5.74. The van der Waals surface area contributed by atoms with E-state index in [2.05, 4.69) is 0 Å². The molecule has 0 amide bonds. The van der Waals surface area contributed by atoms with Crippen molar-refractivity contribution in [3.8, 4) is 0 Å². The summed E-state index contributed by atoms with van der Waals surface area (Å²) in [6, 6.07) is -0.146. The molecule has 0 aromatic rings. The molecule has 5 N–H and O–H groups in total. The van der Waals surface area contributed by atoms with Gasteiger partial charge in [-0.05, 0) is 20.8 Å². The molecule has 1 atom stereocenters. The summed E-state index contributed by atoms with van der Waals surface area (Å²) < 4.78 is 0. The molecule has 0 spiro atoms. The number of aliphatic hydroxyl groups is 1. The van der Waals surface area contributed by atoms with Crippen molar-refractivity contribution in [1.82, 2.24) is 0 Å². The first-order valence-electron chi connectivity index (χ1n) is 3.07. The highest BCUT2D eigenvalue weighted by atomic mass is 16.6. The first-order valence-corrected chi connectivity index (χ1v) is 3.07. The minimum Gasteiger partial charge on any atom is -0.450 e. The maximum absolute atomic E-state index is 8.97. The highest BCUT2D eigenvalue weighted by Crippen LogP contribution is 2.03. The molecule has 0 saturated heterocycles. The van der Waals surface area contributed by atoms with Crippen LogP contribution in [0.5, 0.6) is 0 Å². The fourth-order valence-corrected chi connectivity index (χ4v) is 0. The second kappa shape index (κ2) is 4.92. The van der Waals surface area contributed by atoms with Gasteiger partial charge in [0.15, 0.2) is 0 Å². The first kappa shape index (κ1) is 12.8. The van der Waals surface area contributed by atoms with E-state index in [0.717, 1.165) is 0 Å². The zero-order valence-electron chi connectivity index (χ0n) is 6.90. The Morgan fingerprint density at radius 2 is 1.55 bits per heavy atom. The Balaban J connectivity index is 0. The molecular weight excluding hydrogens is 150 g/mol. The molecule has 1 unspecified atom stereocenters. The van der Waals surface area contributed by atoms with Gasteiger partial charge >= 0.3 is 6.16 Å². The van der Waals surface area contributed by atoms with Gasteiger partial charge in [-0.15, -0.1) is 0 Å². The molecule has 0 aromatic carbocycles. The summed E-state index contributed by atoms with van der Waals surface area (Å²) in [5.74, 6) is 0. The smallest absolute Gasteiger partial charge is 0.450 e. The highest BCUT2D eigenvalue weighted by molar-refractivity contribution is 5.53. The van der Waals surface area contributed by atoms with Gasteiger partial charge in [0, 0.05) is 6.04 Å². The van der Waals surface area contributed by atoms with Crippen LogP contribution in [0.4, 0.5) is 4.79 Å². The Labute approximate surface area is 65.5 Å². The fourth-order valence-electron chi connectivity index (χ4n) is 0. The zero-order valence-corrected chi connectivity index (χ0v) is 6.90. The SMILES string of the molecule is CC(N)C(C)(C)O.O=C(O)O. The molecule has 0 aliphatic carbocycles. The molecular formula is C6H15NO4. The van der Waals surface area contributed by atoms with Crippen molar-refractivity contribution < 1.29 is 20.1 Å². The lowest BCUT2D eigenvalue weighted by Crippen LogP contribution is -2.40. The summed E-state index contributed by atoms with van der Waals surface area (Å²) in [5, 5.41) is 22.9. The normalized spacial score (nSPS) is 12.8. The molecule has 0 fully saturated rings. The maximum Gasteiger partial charge on any atom is 0.503 e. The number of carbonyl (C=O) groups is 1. The molecule has 0 aliphatic heterocycles. The largest absolute Gasteiger partial charge is 0.503 e. The minimum atomic E-state index is -1.83. The number of hydrogen-bond acceptors (Lipinski definition) is 3. The van der Waals surface area contributed by atoms with E-state index < -0.39 is 11.8 Å². The number of hydrogen-bond donors (Lipinski definition) is 4. The van der Waals surface area contributed by atoms with Gasteiger partial charge in [-0.1, -0.05) is 0 Å². The molecule has 0 rings (SSSR count). The van der Waals surface area contributed by atoms with E-state index in [1.54, 1.807) is 20.8 Å². The van der Waals surface area contributed by atoms with E-state index in [9.17, 15) is 0 Å². The van der Waals surface area contributed by atoms with Crippen molar-refractivity contribution >= 4 is 6.16 Å². The summed E-state index contributed by atoms with van der Waals surface area (Å²) in [5.41, 5.74) is 4.60. The van der Waals surface area contributed by atoms with Gasteiger partial charge in [0.25, 0.3) is 0 Å². The van der Waals surface area contributed by atoms with Crippen LogP contribution in [0.15, 0.2) is 0 Å². The van der Waals surface area contributed by atoms with Crippen LogP contribution in [0.2, 0.25) is 0 Å². The number of carboxylic acid groups (broad SMARTS) is 2. The Morgan fingerprint density at radius 3 is 1.55 bits per heavy atom. The van der Waals surface area contributed by atoms with Crippen molar-refractivity contribution in [2.45, 2.75) is 32.4 Å². The molecule has 11 heavy (non-hydrogen) atoms. The molecule has 5 heteroatoms. The second-order valence-electron chi connectivity index (χ2n) is 2.72. The Hall–Kier alpha value is -0.810. The lowest BCUT2D eigenvalue weighted by atomic mass is 10.0.